The second-order valence-electron chi connectivity index (χ2n) is 24.1. The van der Waals surface area contributed by atoms with Gasteiger partial charge in [0.2, 0.25) is 0 Å². The first-order chi connectivity index (χ1) is 33.1. The number of carboxylic acids is 1. The number of ketones is 2. The second kappa shape index (κ2) is 13.3. The molecule has 12 aliphatic carbocycles. The minimum atomic E-state index is -2.48. The van der Waals surface area contributed by atoms with Crippen LogP contribution in [-0.4, -0.2) is 88.7 Å². The van der Waals surface area contributed by atoms with Crippen molar-refractivity contribution in [2.24, 2.45) is 67.2 Å². The van der Waals surface area contributed by atoms with Gasteiger partial charge in [-0.3, -0.25) is 9.59 Å². The third kappa shape index (κ3) is 4.32. The monoisotopic (exact) mass is 945 g/mol. The molecule has 1 aromatic rings. The summed E-state index contributed by atoms with van der Waals surface area (Å²) in [6, 6.07) is 8.27. The Hall–Kier alpha value is -5.16. The number of carbonyl (C=O) groups is 3. The number of aliphatic imine (C=N–C) groups is 1. The van der Waals surface area contributed by atoms with Crippen molar-refractivity contribution < 1.29 is 45.0 Å². The van der Waals surface area contributed by atoms with Crippen LogP contribution < -0.4 is 11.5 Å². The van der Waals surface area contributed by atoms with E-state index in [9.17, 15) is 35.1 Å². The maximum atomic E-state index is 16.5. The Kier molecular flexibility index (Phi) is 8.48. The topological polar surface area (TPSA) is 237 Å². The number of carboxylic acid groups (broad SMARTS) is 1. The average Bonchev–Trinajstić information content (AvgIpc) is 3.76. The summed E-state index contributed by atoms with van der Waals surface area (Å²) in [6.07, 6.45) is 12.6. The molecule has 2 spiro atoms. The van der Waals surface area contributed by atoms with E-state index in [4.69, 9.17) is 16.5 Å². The summed E-state index contributed by atoms with van der Waals surface area (Å²) < 4.78 is 0. The van der Waals surface area contributed by atoms with Gasteiger partial charge in [-0.05, 0) is 121 Å². The summed E-state index contributed by atoms with van der Waals surface area (Å²) in [5.74, 6) is 1.74. The van der Waals surface area contributed by atoms with Crippen LogP contribution in [0.15, 0.2) is 104 Å². The fourth-order valence-corrected chi connectivity index (χ4v) is 20.0. The molecule has 6 bridgehead atoms. The van der Waals surface area contributed by atoms with Gasteiger partial charge in [0.05, 0.1) is 0 Å². The molecule has 12 nitrogen and oxygen atoms in total. The highest BCUT2D eigenvalue weighted by Crippen LogP contribution is 2.90. The molecule has 1 aromatic carbocycles. The molecule has 4 saturated carbocycles. The lowest BCUT2D eigenvalue weighted by Gasteiger charge is -2.72. The summed E-state index contributed by atoms with van der Waals surface area (Å²) in [6.45, 7) is 7.11. The number of fused-ring (bicyclic) bond motifs is 3. The smallest absolute Gasteiger partial charge is 0.331 e. The van der Waals surface area contributed by atoms with Gasteiger partial charge in [0.15, 0.2) is 11.7 Å². The van der Waals surface area contributed by atoms with Crippen molar-refractivity contribution in [3.05, 3.63) is 110 Å². The lowest BCUT2D eigenvalue weighted by atomic mass is 9.32. The van der Waals surface area contributed by atoms with E-state index >= 15 is 9.90 Å². The largest absolute Gasteiger partial charge is 0.478 e. The van der Waals surface area contributed by atoms with Crippen molar-refractivity contribution in [2.45, 2.75) is 139 Å². The molecule has 0 aliphatic heterocycles. The molecule has 0 saturated heterocycles. The molecule has 4 fully saturated rings. The average molecular weight is 946 g/mol. The standard InChI is InChI=1S/C58H63N3O9/c1-30(47(65)66)36-16-22-52(61-48(59)60)23-24-53-39(18-25-62)58(52,70)57(36,69)37-15-14-33-27-35-28-54(67)42(34-13-12-31-10-6-7-11-32(31)26-34)45-49(2)19-8-5-9-20-55(56(35,68)44(53)41(33)37)46(54)43(38(63)29-51(53,55)4)50(45,3)21-17-40(49)64/h6-7,10-11,15,23-24,26,28,39,42,44-45,62,67-70H,9,12-14,16-22,25,27,29H2,1-4H3,(H,65,66)(H4,59,60,61)/b36-30+/t39-,42-,44+,45+,49+,50+,51+,52-,53-,54+,55-,56-,57-,58-/m0/s1. The minimum Gasteiger partial charge on any atom is -0.478 e. The number of aliphatic hydroxyl groups excluding tert-OH is 1. The highest BCUT2D eigenvalue weighted by Gasteiger charge is 2.93. The molecule has 13 rings (SSSR count). The van der Waals surface area contributed by atoms with Gasteiger partial charge >= 0.3 is 5.97 Å². The van der Waals surface area contributed by atoms with Gasteiger partial charge in [-0.1, -0.05) is 80.5 Å². The van der Waals surface area contributed by atoms with Gasteiger partial charge in [0, 0.05) is 82.9 Å². The van der Waals surface area contributed by atoms with Gasteiger partial charge in [-0.15, -0.1) is 11.8 Å². The Bertz CT molecular complexity index is 3100. The zero-order valence-electron chi connectivity index (χ0n) is 40.4. The summed E-state index contributed by atoms with van der Waals surface area (Å²) >= 11 is 0. The molecule has 14 atom stereocenters. The predicted octanol–water partition coefficient (Wildman–Crippen LogP) is 5.39. The van der Waals surface area contributed by atoms with E-state index in [1.165, 1.54) is 12.5 Å². The number of benzene rings is 1. The Morgan fingerprint density at radius 1 is 0.943 bits per heavy atom. The fraction of sp³-hybridized carbons (Fsp3) is 0.552. The number of allylic oxidation sites excluding steroid dienone is 4. The van der Waals surface area contributed by atoms with Crippen molar-refractivity contribution in [1.29, 1.82) is 0 Å². The molecule has 10 N–H and O–H groups in total. The number of hydrogen-bond donors (Lipinski definition) is 8. The highest BCUT2D eigenvalue weighted by molar-refractivity contribution is 6.03. The first-order valence-electron chi connectivity index (χ1n) is 25.6. The van der Waals surface area contributed by atoms with Gasteiger partial charge in [0.25, 0.3) is 0 Å². The zero-order valence-corrected chi connectivity index (χ0v) is 40.4. The van der Waals surface area contributed by atoms with Gasteiger partial charge in [-0.2, -0.15) is 0 Å². The van der Waals surface area contributed by atoms with E-state index in [-0.39, 0.29) is 86.5 Å². The zero-order chi connectivity index (χ0) is 49.4. The molecule has 0 unspecified atom stereocenters. The first kappa shape index (κ1) is 44.8. The summed E-state index contributed by atoms with van der Waals surface area (Å²) in [5, 5.41) is 81.5. The summed E-state index contributed by atoms with van der Waals surface area (Å²) in [5.41, 5.74) is 2.28. The molecule has 12 aliphatic rings. The van der Waals surface area contributed by atoms with Crippen LogP contribution in [0.4, 0.5) is 0 Å². The van der Waals surface area contributed by atoms with Crippen molar-refractivity contribution in [2.75, 3.05) is 6.61 Å². The number of hydrogen-bond acceptors (Lipinski definition) is 9. The van der Waals surface area contributed by atoms with Crippen LogP contribution in [0.5, 0.6) is 0 Å². The fourth-order valence-electron chi connectivity index (χ4n) is 20.0. The van der Waals surface area contributed by atoms with E-state index in [0.29, 0.717) is 47.1 Å². The van der Waals surface area contributed by atoms with E-state index in [2.05, 4.69) is 37.0 Å². The maximum Gasteiger partial charge on any atom is 0.331 e. The first-order valence-corrected chi connectivity index (χ1v) is 25.6. The number of nitrogens with zero attached hydrogens (tertiary/aromatic N) is 1. The van der Waals surface area contributed by atoms with E-state index < -0.39 is 91.3 Å². The third-order valence-corrected chi connectivity index (χ3v) is 22.1. The van der Waals surface area contributed by atoms with Gasteiger partial charge in [0.1, 0.15) is 33.7 Å². The number of aliphatic hydroxyl groups is 5. The Morgan fingerprint density at radius 2 is 1.71 bits per heavy atom. The Labute approximate surface area is 407 Å². The van der Waals surface area contributed by atoms with Crippen LogP contribution in [0.1, 0.15) is 116 Å². The number of nitrogens with two attached hydrogens (primary N) is 2. The van der Waals surface area contributed by atoms with Crippen molar-refractivity contribution >= 4 is 29.6 Å². The van der Waals surface area contributed by atoms with Crippen LogP contribution in [0.2, 0.25) is 0 Å². The SMILES string of the molecule is C/C(C(=O)O)=C1/CC[C@]2(N=C(N)N)C=C[C@@]34[C@H]5C6=C(CC=C6[C@]1(O)[C@]2(O)[C@H]3CCO)CC1=C[C@]2(O)C3=C6C(=O)C[C@@]4(C)[C@@]3(CCC#CC[C@]3(C)C(=O)CC[C@@]6(C)[C@@H]3[C@@H]2C2=Cc3ccccc3CC2)[C@]15O. The van der Waals surface area contributed by atoms with Crippen LogP contribution in [0, 0.1) is 62.6 Å². The molecular formula is C58H63N3O9. The highest BCUT2D eigenvalue weighted by atomic mass is 16.4. The van der Waals surface area contributed by atoms with Crippen molar-refractivity contribution in [3.8, 4) is 11.8 Å². The summed E-state index contributed by atoms with van der Waals surface area (Å²) in [4.78, 5) is 49.4. The van der Waals surface area contributed by atoms with E-state index in [0.717, 1.165) is 23.1 Å². The number of carbonyl (C=O) groups excluding carboxylic acids is 2. The number of rotatable bonds is 5. The molecule has 0 heterocycles. The van der Waals surface area contributed by atoms with Gasteiger partial charge in [-0.25, -0.2) is 9.79 Å². The molecule has 364 valence electrons. The van der Waals surface area contributed by atoms with Crippen LogP contribution in [0.3, 0.4) is 0 Å². The van der Waals surface area contributed by atoms with E-state index in [1.807, 2.05) is 44.2 Å². The van der Waals surface area contributed by atoms with Crippen LogP contribution >= 0.6 is 0 Å². The van der Waals surface area contributed by atoms with Crippen LogP contribution in [0.25, 0.3) is 6.08 Å². The third-order valence-electron chi connectivity index (χ3n) is 22.1. The molecule has 0 radical (unpaired) electrons. The van der Waals surface area contributed by atoms with Crippen molar-refractivity contribution in [1.82, 2.24) is 0 Å². The van der Waals surface area contributed by atoms with Crippen LogP contribution in [-0.2, 0) is 20.8 Å². The number of aliphatic carboxylic acids is 1. The second-order valence-corrected chi connectivity index (χ2v) is 24.1. The normalized spacial score (nSPS) is 47.8. The maximum absolute atomic E-state index is 16.5. The lowest BCUT2D eigenvalue weighted by molar-refractivity contribution is -0.231. The lowest BCUT2D eigenvalue weighted by Crippen LogP contribution is -2.78. The summed E-state index contributed by atoms with van der Waals surface area (Å²) in [7, 11) is 0. The molecular weight excluding hydrogens is 883 g/mol. The number of aryl methyl sites for hydroxylation is 1. The van der Waals surface area contributed by atoms with Crippen molar-refractivity contribution in [3.63, 3.8) is 0 Å². The molecule has 0 aromatic heterocycles. The molecule has 0 amide bonds. The minimum absolute atomic E-state index is 0.0000242. The van der Waals surface area contributed by atoms with Gasteiger partial charge < -0.3 is 42.1 Å². The number of guanidine groups is 1. The quantitative estimate of drug-likeness (QED) is 0.0613. The number of Topliss-reactive ketones (excluding diaryl/α,β-unsaturated/α-hetero) is 2. The molecule has 12 heteroatoms. The molecule has 70 heavy (non-hydrogen) atoms. The Morgan fingerprint density at radius 3 is 2.46 bits per heavy atom. The predicted molar refractivity (Wildman–Crippen MR) is 260 cm³/mol. The Balaban J connectivity index is 1.22. The van der Waals surface area contributed by atoms with E-state index in [1.54, 1.807) is 6.08 Å².